The van der Waals surface area contributed by atoms with E-state index in [1.54, 1.807) is 0 Å². The minimum Gasteiger partial charge on any atom is -0.508 e. The van der Waals surface area contributed by atoms with Crippen molar-refractivity contribution in [2.45, 2.75) is 49.4 Å². The molecule has 240 valence electrons. The molecule has 2 amide bonds. The van der Waals surface area contributed by atoms with Gasteiger partial charge in [0.05, 0.1) is 21.5 Å². The third-order valence-electron chi connectivity index (χ3n) is 9.96. The number of nitrogens with one attached hydrogen (secondary N) is 2. The minimum atomic E-state index is -0.948. The second-order valence-electron chi connectivity index (χ2n) is 12.9. The van der Waals surface area contributed by atoms with Crippen molar-refractivity contribution >= 4 is 45.1 Å². The van der Waals surface area contributed by atoms with E-state index in [1.807, 2.05) is 4.90 Å². The van der Waals surface area contributed by atoms with Crippen molar-refractivity contribution in [3.63, 3.8) is 0 Å². The molecule has 14 heteroatoms. The number of fused-ring (bicyclic) bond motifs is 3. The molecule has 3 N–H and O–H groups in total. The molecule has 0 aliphatic carbocycles. The summed E-state index contributed by atoms with van der Waals surface area (Å²) in [7, 11) is 0. The predicted molar refractivity (Wildman–Crippen MR) is 166 cm³/mol. The lowest BCUT2D eigenvalue weighted by atomic mass is 9.90. The standard InChI is InChI=1S/C32H31ClF3N7O3/c33-24-22(35)4-3-17-9-19(44)10-20(23(17)24)26-25(36)27-21(12-37-26)28(42-7-1-5-31(15-42)14-38-29(45)41-31)40-30(39-27)46-16-32-6-2-8-43(32)13-18(34)11-32/h3-4,9-10,12,18,44H,1-2,5-8,11,13-16H2,(H2,38,41,45)/t18-,31+,32+/m1/s1. The molecule has 4 saturated heterocycles. The molecule has 4 fully saturated rings. The van der Waals surface area contributed by atoms with Crippen LogP contribution in [0.3, 0.4) is 0 Å². The molecule has 8 rings (SSSR count). The highest BCUT2D eigenvalue weighted by Gasteiger charge is 2.49. The molecule has 2 aromatic heterocycles. The fourth-order valence-electron chi connectivity index (χ4n) is 7.87. The van der Waals surface area contributed by atoms with Gasteiger partial charge in [-0.05, 0) is 55.8 Å². The second kappa shape index (κ2) is 10.7. The number of hydrogen-bond donors (Lipinski definition) is 3. The van der Waals surface area contributed by atoms with Crippen LogP contribution < -0.4 is 20.3 Å². The van der Waals surface area contributed by atoms with Gasteiger partial charge in [0, 0.05) is 49.7 Å². The lowest BCUT2D eigenvalue weighted by molar-refractivity contribution is 0.107. The molecule has 0 bridgehead atoms. The van der Waals surface area contributed by atoms with E-state index in [-0.39, 0.29) is 51.6 Å². The molecule has 0 saturated carbocycles. The molecule has 4 aliphatic heterocycles. The number of nitrogens with zero attached hydrogens (tertiary/aromatic N) is 5. The SMILES string of the molecule is O=C1NC[C@]2(CCCN(c3nc(OC[C@@]45CCCN4C[C@H](F)C5)nc4c(F)c(-c5cc(O)cc6ccc(F)c(Cl)c56)ncc34)C2)N1. The maximum absolute atomic E-state index is 16.8. The van der Waals surface area contributed by atoms with Gasteiger partial charge in [0.1, 0.15) is 41.4 Å². The molecule has 6 heterocycles. The van der Waals surface area contributed by atoms with Crippen molar-refractivity contribution in [2.75, 3.05) is 44.2 Å². The monoisotopic (exact) mass is 653 g/mol. The number of ether oxygens (including phenoxy) is 1. The van der Waals surface area contributed by atoms with E-state index in [1.165, 1.54) is 30.5 Å². The van der Waals surface area contributed by atoms with E-state index in [0.29, 0.717) is 49.2 Å². The predicted octanol–water partition coefficient (Wildman–Crippen LogP) is 5.09. The number of alkyl halides is 1. The molecule has 10 nitrogen and oxygen atoms in total. The Balaban J connectivity index is 1.26. The maximum atomic E-state index is 16.8. The average molecular weight is 654 g/mol. The highest BCUT2D eigenvalue weighted by atomic mass is 35.5. The van der Waals surface area contributed by atoms with Gasteiger partial charge in [-0.2, -0.15) is 9.97 Å². The molecule has 2 aromatic carbocycles. The van der Waals surface area contributed by atoms with Crippen molar-refractivity contribution in [1.82, 2.24) is 30.5 Å². The van der Waals surface area contributed by atoms with Gasteiger partial charge in [-0.1, -0.05) is 17.7 Å². The smallest absolute Gasteiger partial charge is 0.319 e. The van der Waals surface area contributed by atoms with E-state index in [4.69, 9.17) is 21.3 Å². The number of hydrogen-bond acceptors (Lipinski definition) is 8. The first-order chi connectivity index (χ1) is 22.1. The van der Waals surface area contributed by atoms with Crippen LogP contribution in [0.1, 0.15) is 32.1 Å². The summed E-state index contributed by atoms with van der Waals surface area (Å²) in [5.74, 6) is -1.31. The fourth-order valence-corrected chi connectivity index (χ4v) is 8.14. The number of carbonyl (C=O) groups excluding carboxylic acids is 1. The normalized spacial score (nSPS) is 26.2. The number of amides is 2. The molecule has 3 atom stereocenters. The molecule has 46 heavy (non-hydrogen) atoms. The quantitative estimate of drug-likeness (QED) is 0.273. The first kappa shape index (κ1) is 29.3. The Labute approximate surface area is 266 Å². The Morgan fingerprint density at radius 2 is 2.00 bits per heavy atom. The number of rotatable bonds is 5. The van der Waals surface area contributed by atoms with Gasteiger partial charge in [-0.3, -0.25) is 9.88 Å². The van der Waals surface area contributed by atoms with Crippen molar-refractivity contribution in [1.29, 1.82) is 0 Å². The van der Waals surface area contributed by atoms with Gasteiger partial charge < -0.3 is 25.4 Å². The third-order valence-corrected chi connectivity index (χ3v) is 10.3. The van der Waals surface area contributed by atoms with Crippen LogP contribution in [0.2, 0.25) is 5.02 Å². The zero-order valence-electron chi connectivity index (χ0n) is 24.8. The zero-order valence-corrected chi connectivity index (χ0v) is 25.5. The number of aromatic hydroxyl groups is 1. The van der Waals surface area contributed by atoms with Crippen molar-refractivity contribution in [2.24, 2.45) is 0 Å². The number of aromatic nitrogens is 3. The number of anilines is 1. The first-order valence-electron chi connectivity index (χ1n) is 15.4. The summed E-state index contributed by atoms with van der Waals surface area (Å²) in [6.07, 6.45) is 4.06. The van der Waals surface area contributed by atoms with Crippen molar-refractivity contribution in [3.05, 3.63) is 47.1 Å². The summed E-state index contributed by atoms with van der Waals surface area (Å²) in [5.41, 5.74) is -1.17. The summed E-state index contributed by atoms with van der Waals surface area (Å²) in [6, 6.07) is 5.01. The largest absolute Gasteiger partial charge is 0.508 e. The number of carbonyl (C=O) groups is 1. The van der Waals surface area contributed by atoms with E-state index in [2.05, 4.69) is 25.5 Å². The highest BCUT2D eigenvalue weighted by molar-refractivity contribution is 6.37. The van der Waals surface area contributed by atoms with Crippen LogP contribution in [0.25, 0.3) is 32.9 Å². The summed E-state index contributed by atoms with van der Waals surface area (Å²) in [4.78, 5) is 29.9. The molecular formula is C32H31ClF3N7O3. The molecule has 1 spiro atoms. The topological polar surface area (TPSA) is 116 Å². The third kappa shape index (κ3) is 4.74. The van der Waals surface area contributed by atoms with Gasteiger partial charge in [-0.15, -0.1) is 0 Å². The average Bonchev–Trinajstić information content (AvgIpc) is 3.68. The van der Waals surface area contributed by atoms with Crippen LogP contribution in [-0.2, 0) is 0 Å². The van der Waals surface area contributed by atoms with E-state index in [0.717, 1.165) is 32.2 Å². The lowest BCUT2D eigenvalue weighted by Gasteiger charge is -2.40. The van der Waals surface area contributed by atoms with Crippen LogP contribution in [0.15, 0.2) is 30.5 Å². The number of phenolic OH excluding ortho intramolecular Hbond substituents is 1. The van der Waals surface area contributed by atoms with Gasteiger partial charge in [0.15, 0.2) is 5.82 Å². The highest BCUT2D eigenvalue weighted by Crippen LogP contribution is 2.42. The Hall–Kier alpha value is -4.10. The number of urea groups is 1. The van der Waals surface area contributed by atoms with Crippen molar-refractivity contribution in [3.8, 4) is 23.0 Å². The lowest BCUT2D eigenvalue weighted by Crippen LogP contribution is -2.56. The number of halogens is 4. The fraction of sp³-hybridized carbons (Fsp3) is 0.438. The minimum absolute atomic E-state index is 0.0693. The first-order valence-corrected chi connectivity index (χ1v) is 15.8. The van der Waals surface area contributed by atoms with Crippen LogP contribution in [0, 0.1) is 11.6 Å². The number of pyridine rings is 1. The van der Waals surface area contributed by atoms with E-state index >= 15 is 4.39 Å². The van der Waals surface area contributed by atoms with Gasteiger partial charge in [-0.25, -0.2) is 18.0 Å². The molecular weight excluding hydrogens is 623 g/mol. The van der Waals surface area contributed by atoms with Gasteiger partial charge >= 0.3 is 12.0 Å². The maximum Gasteiger partial charge on any atom is 0.319 e. The van der Waals surface area contributed by atoms with E-state index < -0.39 is 28.9 Å². The molecule has 0 unspecified atom stereocenters. The van der Waals surface area contributed by atoms with Gasteiger partial charge in [0.2, 0.25) is 0 Å². The summed E-state index contributed by atoms with van der Waals surface area (Å²) in [6.45, 7) is 2.72. The molecule has 4 aliphatic rings. The van der Waals surface area contributed by atoms with Crippen LogP contribution in [-0.4, -0.2) is 87.6 Å². The Morgan fingerprint density at radius 1 is 1.15 bits per heavy atom. The van der Waals surface area contributed by atoms with Crippen LogP contribution in [0.4, 0.5) is 23.8 Å². The summed E-state index contributed by atoms with van der Waals surface area (Å²) in [5, 5.41) is 17.0. The second-order valence-corrected chi connectivity index (χ2v) is 13.3. The number of piperidine rings is 1. The van der Waals surface area contributed by atoms with E-state index in [9.17, 15) is 18.7 Å². The Bertz CT molecular complexity index is 1920. The number of benzene rings is 2. The Morgan fingerprint density at radius 3 is 2.83 bits per heavy atom. The van der Waals surface area contributed by atoms with Gasteiger partial charge in [0.25, 0.3) is 0 Å². The van der Waals surface area contributed by atoms with Crippen molar-refractivity contribution < 1.29 is 27.8 Å². The Kier molecular flexibility index (Phi) is 6.84. The number of phenols is 1. The molecule has 4 aromatic rings. The van der Waals surface area contributed by atoms with Crippen LogP contribution >= 0.6 is 11.6 Å². The zero-order chi connectivity index (χ0) is 31.8. The van der Waals surface area contributed by atoms with Crippen LogP contribution in [0.5, 0.6) is 11.8 Å². The summed E-state index contributed by atoms with van der Waals surface area (Å²) < 4.78 is 52.0. The summed E-state index contributed by atoms with van der Waals surface area (Å²) >= 11 is 6.36. The molecule has 0 radical (unpaired) electrons.